The molecule has 0 saturated heterocycles. The maximum atomic E-state index is 12.4. The van der Waals surface area contributed by atoms with E-state index in [1.807, 2.05) is 24.5 Å². The van der Waals surface area contributed by atoms with Crippen LogP contribution in [-0.2, 0) is 17.9 Å². The lowest BCUT2D eigenvalue weighted by Gasteiger charge is -2.12. The molecule has 0 aliphatic heterocycles. The fourth-order valence-electron chi connectivity index (χ4n) is 2.63. The summed E-state index contributed by atoms with van der Waals surface area (Å²) < 4.78 is 8.47. The van der Waals surface area contributed by atoms with E-state index in [4.69, 9.17) is 9.68 Å². The van der Waals surface area contributed by atoms with E-state index in [0.29, 0.717) is 23.7 Å². The van der Waals surface area contributed by atoms with Crippen molar-refractivity contribution in [3.8, 4) is 12.1 Å². The van der Waals surface area contributed by atoms with Gasteiger partial charge in [0, 0.05) is 5.69 Å². The lowest BCUT2D eigenvalue weighted by atomic mass is 10.2. The van der Waals surface area contributed by atoms with Gasteiger partial charge in [0.15, 0.2) is 0 Å². The largest absolute Gasteiger partial charge is 0.467 e. The van der Waals surface area contributed by atoms with E-state index in [0.717, 1.165) is 11.3 Å². The third kappa shape index (κ3) is 3.19. The molecule has 3 aromatic heterocycles. The highest BCUT2D eigenvalue weighted by Gasteiger charge is 2.20. The molecular weight excluding hydrogens is 334 g/mol. The zero-order valence-corrected chi connectivity index (χ0v) is 14.2. The molecule has 0 aromatic carbocycles. The lowest BCUT2D eigenvalue weighted by Crippen LogP contribution is -2.22. The number of nitrogens with zero attached hydrogens (tertiary/aromatic N) is 6. The van der Waals surface area contributed by atoms with Crippen molar-refractivity contribution in [3.05, 3.63) is 53.1 Å². The van der Waals surface area contributed by atoms with Crippen molar-refractivity contribution in [1.82, 2.24) is 19.3 Å². The third-order valence-electron chi connectivity index (χ3n) is 4.04. The number of hydrogen-bond acceptors (Lipinski definition) is 6. The Bertz CT molecular complexity index is 1030. The van der Waals surface area contributed by atoms with Gasteiger partial charge in [-0.2, -0.15) is 10.5 Å². The van der Waals surface area contributed by atoms with Crippen molar-refractivity contribution >= 4 is 11.7 Å². The van der Waals surface area contributed by atoms with Gasteiger partial charge >= 0.3 is 0 Å². The quantitative estimate of drug-likeness (QED) is 0.747. The SMILES string of the molecule is Cc1c(C#N)c(NC(=O)Cn2cnc(C#N)n2)n(Cc2ccco2)c1C. The Labute approximate surface area is 149 Å². The standard InChI is InChI=1S/C17H15N7O2/c1-11-12(2)24(8-13-4-3-5-26-13)17(14(11)6-18)21-16(25)9-23-10-20-15(7-19)22-23/h3-5,10H,8-9H2,1-2H3,(H,21,25). The van der Waals surface area contributed by atoms with Gasteiger partial charge < -0.3 is 14.3 Å². The summed E-state index contributed by atoms with van der Waals surface area (Å²) in [6.07, 6.45) is 2.88. The van der Waals surface area contributed by atoms with Gasteiger partial charge in [0.25, 0.3) is 5.82 Å². The number of anilines is 1. The molecule has 0 atom stereocenters. The van der Waals surface area contributed by atoms with Crippen LogP contribution in [0.25, 0.3) is 0 Å². The molecule has 0 fully saturated rings. The molecule has 0 aliphatic carbocycles. The smallest absolute Gasteiger partial charge is 0.252 e. The molecule has 3 heterocycles. The molecule has 9 nitrogen and oxygen atoms in total. The fourth-order valence-corrected chi connectivity index (χ4v) is 2.63. The average molecular weight is 349 g/mol. The van der Waals surface area contributed by atoms with Crippen LogP contribution in [-0.4, -0.2) is 25.2 Å². The number of aromatic nitrogens is 4. The highest BCUT2D eigenvalue weighted by Crippen LogP contribution is 2.27. The molecule has 9 heteroatoms. The van der Waals surface area contributed by atoms with Crippen molar-refractivity contribution in [3.63, 3.8) is 0 Å². The minimum absolute atomic E-state index is 0.0107. The van der Waals surface area contributed by atoms with E-state index in [2.05, 4.69) is 21.5 Å². The third-order valence-corrected chi connectivity index (χ3v) is 4.04. The lowest BCUT2D eigenvalue weighted by molar-refractivity contribution is -0.117. The number of rotatable bonds is 5. The number of carbonyl (C=O) groups excluding carboxylic acids is 1. The van der Waals surface area contributed by atoms with Crippen LogP contribution in [0.3, 0.4) is 0 Å². The predicted molar refractivity (Wildman–Crippen MR) is 89.8 cm³/mol. The topological polar surface area (TPSA) is 125 Å². The van der Waals surface area contributed by atoms with Crippen molar-refractivity contribution in [2.24, 2.45) is 0 Å². The molecule has 0 unspecified atom stereocenters. The van der Waals surface area contributed by atoms with Gasteiger partial charge in [-0.25, -0.2) is 9.67 Å². The van der Waals surface area contributed by atoms with E-state index in [9.17, 15) is 10.1 Å². The zero-order valence-electron chi connectivity index (χ0n) is 14.2. The first kappa shape index (κ1) is 17.0. The summed E-state index contributed by atoms with van der Waals surface area (Å²) in [5.41, 5.74) is 2.06. The van der Waals surface area contributed by atoms with Crippen molar-refractivity contribution in [1.29, 1.82) is 10.5 Å². The Morgan fingerprint density at radius 3 is 2.77 bits per heavy atom. The molecule has 0 aliphatic rings. The Hall–Kier alpha value is -3.85. The van der Waals surface area contributed by atoms with E-state index in [1.54, 1.807) is 18.4 Å². The van der Waals surface area contributed by atoms with Gasteiger partial charge in [0.2, 0.25) is 5.91 Å². The molecule has 3 rings (SSSR count). The highest BCUT2D eigenvalue weighted by atomic mass is 16.3. The maximum absolute atomic E-state index is 12.4. The van der Waals surface area contributed by atoms with Crippen LogP contribution in [0.1, 0.15) is 28.4 Å². The van der Waals surface area contributed by atoms with E-state index in [-0.39, 0.29) is 18.3 Å². The summed E-state index contributed by atoms with van der Waals surface area (Å²) in [6, 6.07) is 7.55. The van der Waals surface area contributed by atoms with Gasteiger partial charge in [-0.3, -0.25) is 4.79 Å². The molecule has 0 bridgehead atoms. The van der Waals surface area contributed by atoms with Crippen molar-refractivity contribution in [2.75, 3.05) is 5.32 Å². The van der Waals surface area contributed by atoms with Crippen LogP contribution < -0.4 is 5.32 Å². The van der Waals surface area contributed by atoms with Crippen molar-refractivity contribution in [2.45, 2.75) is 26.9 Å². The number of nitriles is 2. The minimum Gasteiger partial charge on any atom is -0.467 e. The molecule has 3 aromatic rings. The summed E-state index contributed by atoms with van der Waals surface area (Å²) in [6.45, 7) is 3.98. The van der Waals surface area contributed by atoms with E-state index < -0.39 is 0 Å². The second kappa shape index (κ2) is 6.95. The minimum atomic E-state index is -0.380. The van der Waals surface area contributed by atoms with Gasteiger partial charge in [0.1, 0.15) is 36.6 Å². The van der Waals surface area contributed by atoms with Gasteiger partial charge in [0.05, 0.1) is 18.4 Å². The molecule has 1 N–H and O–H groups in total. The maximum Gasteiger partial charge on any atom is 0.252 e. The van der Waals surface area contributed by atoms with E-state index >= 15 is 0 Å². The Balaban J connectivity index is 1.88. The normalized spacial score (nSPS) is 10.3. The van der Waals surface area contributed by atoms with Crippen LogP contribution in [0.2, 0.25) is 0 Å². The van der Waals surface area contributed by atoms with E-state index in [1.165, 1.54) is 11.0 Å². The summed E-state index contributed by atoms with van der Waals surface area (Å²) in [4.78, 5) is 16.1. The molecule has 1 amide bonds. The van der Waals surface area contributed by atoms with Crippen molar-refractivity contribution < 1.29 is 9.21 Å². The van der Waals surface area contributed by atoms with Crippen LogP contribution in [0.4, 0.5) is 5.82 Å². The average Bonchev–Trinajstić information content (AvgIpc) is 3.33. The highest BCUT2D eigenvalue weighted by molar-refractivity contribution is 5.91. The van der Waals surface area contributed by atoms with Crippen LogP contribution in [0, 0.1) is 36.5 Å². The van der Waals surface area contributed by atoms with Crippen LogP contribution >= 0.6 is 0 Å². The second-order valence-corrected chi connectivity index (χ2v) is 5.64. The number of carbonyl (C=O) groups is 1. The van der Waals surface area contributed by atoms with Gasteiger partial charge in [-0.15, -0.1) is 5.10 Å². The molecule has 0 saturated carbocycles. The predicted octanol–water partition coefficient (Wildman–Crippen LogP) is 1.72. The summed E-state index contributed by atoms with van der Waals surface area (Å²) in [5.74, 6) is 0.722. The zero-order chi connectivity index (χ0) is 18.7. The Morgan fingerprint density at radius 2 is 2.15 bits per heavy atom. The first-order chi connectivity index (χ1) is 12.5. The number of hydrogen-bond donors (Lipinski definition) is 1. The van der Waals surface area contributed by atoms with Crippen LogP contribution in [0.5, 0.6) is 0 Å². The summed E-state index contributed by atoms with van der Waals surface area (Å²) in [5, 5.41) is 24.9. The monoisotopic (exact) mass is 349 g/mol. The molecule has 26 heavy (non-hydrogen) atoms. The van der Waals surface area contributed by atoms with Gasteiger partial charge in [-0.05, 0) is 31.5 Å². The molecule has 130 valence electrons. The first-order valence-electron chi connectivity index (χ1n) is 7.75. The molecule has 0 spiro atoms. The molecular formula is C17H15N7O2. The summed E-state index contributed by atoms with van der Waals surface area (Å²) in [7, 11) is 0. The Kier molecular flexibility index (Phi) is 4.54. The fraction of sp³-hybridized carbons (Fsp3) is 0.235. The summed E-state index contributed by atoms with van der Waals surface area (Å²) >= 11 is 0. The molecule has 0 radical (unpaired) electrons. The first-order valence-corrected chi connectivity index (χ1v) is 7.75. The number of furan rings is 1. The van der Waals surface area contributed by atoms with Gasteiger partial charge in [-0.1, -0.05) is 0 Å². The number of nitrogens with one attached hydrogen (secondary N) is 1. The Morgan fingerprint density at radius 1 is 1.35 bits per heavy atom. The van der Waals surface area contributed by atoms with Crippen LogP contribution in [0.15, 0.2) is 29.1 Å². The number of amides is 1. The second-order valence-electron chi connectivity index (χ2n) is 5.64.